The lowest BCUT2D eigenvalue weighted by Crippen LogP contribution is -2.31. The summed E-state index contributed by atoms with van der Waals surface area (Å²) in [6.45, 7) is 3.09. The molecular formula is C8H13NO2. The van der Waals surface area contributed by atoms with Crippen LogP contribution in [0.5, 0.6) is 0 Å². The van der Waals surface area contributed by atoms with Crippen molar-refractivity contribution in [2.24, 2.45) is 0 Å². The molecule has 11 heavy (non-hydrogen) atoms. The Morgan fingerprint density at radius 1 is 1.73 bits per heavy atom. The van der Waals surface area contributed by atoms with Crippen LogP contribution < -0.4 is 0 Å². The fourth-order valence-electron chi connectivity index (χ4n) is 1.98. The Morgan fingerprint density at radius 3 is 3.27 bits per heavy atom. The number of hydrogen-bond acceptors (Lipinski definition) is 3. The van der Waals surface area contributed by atoms with E-state index in [1.54, 1.807) is 0 Å². The summed E-state index contributed by atoms with van der Waals surface area (Å²) in [6.07, 6.45) is 3.14. The first-order valence-corrected chi connectivity index (χ1v) is 4.29. The lowest BCUT2D eigenvalue weighted by atomic mass is 10.2. The topological polar surface area (TPSA) is 29.5 Å². The Labute approximate surface area is 66.3 Å². The minimum absolute atomic E-state index is 0.00523. The molecule has 62 valence electrons. The Morgan fingerprint density at radius 2 is 2.55 bits per heavy atom. The van der Waals surface area contributed by atoms with Gasteiger partial charge in [0.15, 0.2) is 6.23 Å². The highest BCUT2D eigenvalue weighted by molar-refractivity contribution is 5.78. The maximum atomic E-state index is 11.2. The standard InChI is InChI=1S/C8H13NO2/c1-2-7-9-5-3-4-6(9)8(10)11-7/h6-7H,2-5H2,1H3/t6-,7-/m0/s1. The van der Waals surface area contributed by atoms with Gasteiger partial charge in [0.2, 0.25) is 0 Å². The Bertz CT molecular complexity index is 181. The molecule has 2 saturated heterocycles. The highest BCUT2D eigenvalue weighted by Gasteiger charge is 2.43. The molecule has 2 rings (SSSR count). The smallest absolute Gasteiger partial charge is 0.325 e. The molecule has 3 heteroatoms. The first kappa shape index (κ1) is 7.10. The number of nitrogens with zero attached hydrogens (tertiary/aromatic N) is 1. The summed E-state index contributed by atoms with van der Waals surface area (Å²) in [7, 11) is 0. The number of esters is 1. The van der Waals surface area contributed by atoms with E-state index in [2.05, 4.69) is 11.8 Å². The van der Waals surface area contributed by atoms with Crippen molar-refractivity contribution in [3.8, 4) is 0 Å². The van der Waals surface area contributed by atoms with Crippen molar-refractivity contribution in [3.63, 3.8) is 0 Å². The molecule has 0 spiro atoms. The van der Waals surface area contributed by atoms with Gasteiger partial charge in [-0.05, 0) is 19.3 Å². The van der Waals surface area contributed by atoms with Crippen molar-refractivity contribution in [3.05, 3.63) is 0 Å². The van der Waals surface area contributed by atoms with E-state index >= 15 is 0 Å². The molecule has 0 N–H and O–H groups in total. The van der Waals surface area contributed by atoms with Crippen molar-refractivity contribution in [1.29, 1.82) is 0 Å². The third kappa shape index (κ3) is 0.948. The third-order valence-corrected chi connectivity index (χ3v) is 2.54. The first-order chi connectivity index (χ1) is 5.33. The number of cyclic esters (lactones) is 1. The molecule has 0 aromatic carbocycles. The highest BCUT2D eigenvalue weighted by Crippen LogP contribution is 2.29. The zero-order valence-electron chi connectivity index (χ0n) is 6.75. The largest absolute Gasteiger partial charge is 0.445 e. The molecule has 0 unspecified atom stereocenters. The fourth-order valence-corrected chi connectivity index (χ4v) is 1.98. The molecule has 0 radical (unpaired) electrons. The van der Waals surface area contributed by atoms with E-state index in [-0.39, 0.29) is 18.2 Å². The minimum atomic E-state index is -0.00523. The number of carbonyl (C=O) groups excluding carboxylic acids is 1. The Balaban J connectivity index is 2.13. The summed E-state index contributed by atoms with van der Waals surface area (Å²) < 4.78 is 5.16. The molecular weight excluding hydrogens is 142 g/mol. The second-order valence-electron chi connectivity index (χ2n) is 3.20. The van der Waals surface area contributed by atoms with Crippen molar-refractivity contribution < 1.29 is 9.53 Å². The molecule has 2 aliphatic rings. The lowest BCUT2D eigenvalue weighted by molar-refractivity contribution is -0.143. The van der Waals surface area contributed by atoms with Crippen LogP contribution in [0.2, 0.25) is 0 Å². The average Bonchev–Trinajstić information content (AvgIpc) is 2.54. The molecule has 0 aromatic rings. The van der Waals surface area contributed by atoms with Crippen LogP contribution in [-0.2, 0) is 9.53 Å². The van der Waals surface area contributed by atoms with Gasteiger partial charge >= 0.3 is 5.97 Å². The van der Waals surface area contributed by atoms with Crippen LogP contribution in [0.1, 0.15) is 26.2 Å². The number of carbonyl (C=O) groups is 1. The van der Waals surface area contributed by atoms with E-state index in [0.717, 1.165) is 25.8 Å². The maximum Gasteiger partial charge on any atom is 0.325 e. The van der Waals surface area contributed by atoms with E-state index in [1.165, 1.54) is 0 Å². The van der Waals surface area contributed by atoms with Gasteiger partial charge in [-0.3, -0.25) is 9.69 Å². The number of ether oxygens (including phenoxy) is 1. The molecule has 2 heterocycles. The van der Waals surface area contributed by atoms with Gasteiger partial charge < -0.3 is 4.74 Å². The summed E-state index contributed by atoms with van der Waals surface area (Å²) in [5.41, 5.74) is 0. The zero-order chi connectivity index (χ0) is 7.84. The molecule has 2 atom stereocenters. The van der Waals surface area contributed by atoms with E-state index in [1.807, 2.05) is 0 Å². The molecule has 0 bridgehead atoms. The van der Waals surface area contributed by atoms with Crippen LogP contribution in [0.4, 0.5) is 0 Å². The third-order valence-electron chi connectivity index (χ3n) is 2.54. The summed E-state index contributed by atoms with van der Waals surface area (Å²) in [5.74, 6) is -0.00523. The molecule has 2 aliphatic heterocycles. The van der Waals surface area contributed by atoms with Gasteiger partial charge in [0.05, 0.1) is 0 Å². The SMILES string of the molecule is CC[C@@H]1OC(=O)[C@@H]2CCCN12. The monoisotopic (exact) mass is 155 g/mol. The van der Waals surface area contributed by atoms with E-state index in [0.29, 0.717) is 0 Å². The second kappa shape index (κ2) is 2.48. The van der Waals surface area contributed by atoms with Gasteiger partial charge in [-0.25, -0.2) is 0 Å². The van der Waals surface area contributed by atoms with E-state index in [4.69, 9.17) is 4.74 Å². The van der Waals surface area contributed by atoms with E-state index < -0.39 is 0 Å². The second-order valence-corrected chi connectivity index (χ2v) is 3.20. The number of rotatable bonds is 1. The summed E-state index contributed by atoms with van der Waals surface area (Å²) >= 11 is 0. The predicted molar refractivity (Wildman–Crippen MR) is 39.9 cm³/mol. The van der Waals surface area contributed by atoms with Crippen molar-refractivity contribution >= 4 is 5.97 Å². The average molecular weight is 155 g/mol. The highest BCUT2D eigenvalue weighted by atomic mass is 16.6. The molecule has 3 nitrogen and oxygen atoms in total. The lowest BCUT2D eigenvalue weighted by Gasteiger charge is -2.17. The van der Waals surface area contributed by atoms with Crippen LogP contribution in [0.3, 0.4) is 0 Å². The van der Waals surface area contributed by atoms with Crippen LogP contribution in [-0.4, -0.2) is 29.7 Å². The quantitative estimate of drug-likeness (QED) is 0.523. The Hall–Kier alpha value is -0.570. The Kier molecular flexibility index (Phi) is 1.60. The van der Waals surface area contributed by atoms with Crippen molar-refractivity contribution in [1.82, 2.24) is 4.90 Å². The molecule has 0 aliphatic carbocycles. The summed E-state index contributed by atoms with van der Waals surface area (Å²) in [6, 6.07) is 0.0972. The number of fused-ring (bicyclic) bond motifs is 1. The van der Waals surface area contributed by atoms with Crippen LogP contribution in [0, 0.1) is 0 Å². The van der Waals surface area contributed by atoms with Gasteiger partial charge in [0.25, 0.3) is 0 Å². The van der Waals surface area contributed by atoms with E-state index in [9.17, 15) is 4.79 Å². The van der Waals surface area contributed by atoms with Gasteiger partial charge in [-0.2, -0.15) is 0 Å². The minimum Gasteiger partial charge on any atom is -0.445 e. The fraction of sp³-hybridized carbons (Fsp3) is 0.875. The normalized spacial score (nSPS) is 37.4. The van der Waals surface area contributed by atoms with Crippen molar-refractivity contribution in [2.75, 3.05) is 6.54 Å². The van der Waals surface area contributed by atoms with Crippen LogP contribution in [0.15, 0.2) is 0 Å². The van der Waals surface area contributed by atoms with Crippen molar-refractivity contribution in [2.45, 2.75) is 38.5 Å². The van der Waals surface area contributed by atoms with Crippen LogP contribution >= 0.6 is 0 Å². The van der Waals surface area contributed by atoms with Gasteiger partial charge in [-0.1, -0.05) is 6.92 Å². The van der Waals surface area contributed by atoms with Gasteiger partial charge in [0.1, 0.15) is 6.04 Å². The molecule has 0 amide bonds. The maximum absolute atomic E-state index is 11.2. The summed E-state index contributed by atoms with van der Waals surface area (Å²) in [5, 5.41) is 0. The predicted octanol–water partition coefficient (Wildman–Crippen LogP) is 0.744. The zero-order valence-corrected chi connectivity index (χ0v) is 6.75. The van der Waals surface area contributed by atoms with Gasteiger partial charge in [0, 0.05) is 6.54 Å². The number of hydrogen-bond donors (Lipinski definition) is 0. The molecule has 0 aromatic heterocycles. The van der Waals surface area contributed by atoms with Gasteiger partial charge in [-0.15, -0.1) is 0 Å². The van der Waals surface area contributed by atoms with Crippen LogP contribution in [0.25, 0.3) is 0 Å². The first-order valence-electron chi connectivity index (χ1n) is 4.29. The molecule has 2 fully saturated rings. The summed E-state index contributed by atoms with van der Waals surface area (Å²) in [4.78, 5) is 13.3. The molecule has 0 saturated carbocycles.